The zero-order valence-corrected chi connectivity index (χ0v) is 12.6. The monoisotopic (exact) mass is 244 g/mol. The lowest BCUT2D eigenvalue weighted by molar-refractivity contribution is 0.610. The van der Waals surface area contributed by atoms with Crippen molar-refractivity contribution in [3.63, 3.8) is 0 Å². The van der Waals surface area contributed by atoms with Crippen LogP contribution in [0.25, 0.3) is 0 Å². The predicted molar refractivity (Wildman–Crippen MR) is 80.5 cm³/mol. The quantitative estimate of drug-likeness (QED) is 0.636. The van der Waals surface area contributed by atoms with E-state index in [1.165, 1.54) is 44.1 Å². The van der Waals surface area contributed by atoms with Gasteiger partial charge < -0.3 is 0 Å². The van der Waals surface area contributed by atoms with E-state index in [1.807, 2.05) is 0 Å². The third-order valence-electron chi connectivity index (χ3n) is 4.31. The van der Waals surface area contributed by atoms with Crippen LogP contribution in [0.2, 0.25) is 0 Å². The van der Waals surface area contributed by atoms with Crippen molar-refractivity contribution in [2.45, 2.75) is 78.1 Å². The van der Waals surface area contributed by atoms with Gasteiger partial charge in [0.2, 0.25) is 0 Å². The topological polar surface area (TPSA) is 0 Å². The number of hydrogen-bond donors (Lipinski definition) is 0. The van der Waals surface area contributed by atoms with Gasteiger partial charge in [-0.1, -0.05) is 52.7 Å². The molecule has 100 valence electrons. The summed E-state index contributed by atoms with van der Waals surface area (Å²) >= 11 is 0. The van der Waals surface area contributed by atoms with Crippen LogP contribution in [-0.4, -0.2) is 0 Å². The van der Waals surface area contributed by atoms with Gasteiger partial charge in [-0.3, -0.25) is 0 Å². The van der Waals surface area contributed by atoms with E-state index in [4.69, 9.17) is 0 Å². The first-order valence-corrected chi connectivity index (χ1v) is 7.75. The van der Waals surface area contributed by atoms with Gasteiger partial charge >= 0.3 is 0 Å². The Kier molecular flexibility index (Phi) is 4.48. The van der Waals surface area contributed by atoms with Gasteiger partial charge in [-0.25, -0.2) is 0 Å². The van der Waals surface area contributed by atoms with Crippen LogP contribution in [0.5, 0.6) is 0 Å². The van der Waals surface area contributed by atoms with Gasteiger partial charge in [0.1, 0.15) is 0 Å². The molecule has 0 saturated heterocycles. The van der Waals surface area contributed by atoms with Gasteiger partial charge in [-0.05, 0) is 59.8 Å². The highest BCUT2D eigenvalue weighted by molar-refractivity contribution is 5.42. The Morgan fingerprint density at radius 3 is 2.06 bits per heavy atom. The summed E-state index contributed by atoms with van der Waals surface area (Å²) in [5, 5.41) is 0. The molecule has 0 spiro atoms. The second-order valence-electron chi connectivity index (χ2n) is 6.47. The molecule has 0 aliphatic heterocycles. The molecule has 0 heterocycles. The summed E-state index contributed by atoms with van der Waals surface area (Å²) in [6.07, 6.45) is 8.21. The molecule has 0 unspecified atom stereocenters. The molecule has 1 aliphatic rings. The molecule has 0 saturated carbocycles. The number of rotatable bonds is 2. The van der Waals surface area contributed by atoms with Gasteiger partial charge in [0.25, 0.3) is 0 Å². The highest BCUT2D eigenvalue weighted by atomic mass is 14.2. The molecule has 0 radical (unpaired) electrons. The Morgan fingerprint density at radius 2 is 1.44 bits per heavy atom. The summed E-state index contributed by atoms with van der Waals surface area (Å²) in [4.78, 5) is 0. The molecule has 1 aromatic rings. The zero-order valence-electron chi connectivity index (χ0n) is 12.6. The normalized spacial score (nSPS) is 16.6. The number of hydrogen-bond acceptors (Lipinski definition) is 0. The highest BCUT2D eigenvalue weighted by Crippen LogP contribution is 2.31. The van der Waals surface area contributed by atoms with Crippen LogP contribution >= 0.6 is 0 Å². The van der Waals surface area contributed by atoms with Crippen molar-refractivity contribution in [2.75, 3.05) is 0 Å². The van der Waals surface area contributed by atoms with E-state index in [0.29, 0.717) is 11.8 Å². The highest BCUT2D eigenvalue weighted by Gasteiger charge is 2.15. The van der Waals surface area contributed by atoms with Crippen molar-refractivity contribution in [3.8, 4) is 0 Å². The Hall–Kier alpha value is -0.780. The molecule has 0 N–H and O–H groups in total. The standard InChI is InChI=1S/C18H28/c1-13(2)16-11-15-9-7-5-6-8-10-17(15)18(12-16)14(3)4/h11-14H,5-10H2,1-4H3. The minimum Gasteiger partial charge on any atom is -0.0587 e. The molecule has 0 atom stereocenters. The fourth-order valence-electron chi connectivity index (χ4n) is 3.13. The van der Waals surface area contributed by atoms with Crippen molar-refractivity contribution < 1.29 is 0 Å². The van der Waals surface area contributed by atoms with Crippen molar-refractivity contribution in [3.05, 3.63) is 34.4 Å². The Bertz CT molecular complexity index is 399. The van der Waals surface area contributed by atoms with Gasteiger partial charge in [0, 0.05) is 0 Å². The second-order valence-corrected chi connectivity index (χ2v) is 6.47. The summed E-state index contributed by atoms with van der Waals surface area (Å²) in [5.74, 6) is 1.31. The molecule has 0 nitrogen and oxygen atoms in total. The average Bonchev–Trinajstić information content (AvgIpc) is 2.28. The van der Waals surface area contributed by atoms with Crippen molar-refractivity contribution in [1.82, 2.24) is 0 Å². The lowest BCUT2D eigenvalue weighted by Gasteiger charge is -2.22. The number of benzene rings is 1. The first kappa shape index (κ1) is 13.6. The van der Waals surface area contributed by atoms with Gasteiger partial charge in [-0.15, -0.1) is 0 Å². The van der Waals surface area contributed by atoms with Crippen LogP contribution in [-0.2, 0) is 12.8 Å². The van der Waals surface area contributed by atoms with Crippen LogP contribution < -0.4 is 0 Å². The summed E-state index contributed by atoms with van der Waals surface area (Å²) in [5.41, 5.74) is 6.51. The third-order valence-corrected chi connectivity index (χ3v) is 4.31. The van der Waals surface area contributed by atoms with E-state index in [9.17, 15) is 0 Å². The first-order chi connectivity index (χ1) is 8.59. The van der Waals surface area contributed by atoms with Crippen molar-refractivity contribution in [2.24, 2.45) is 0 Å². The van der Waals surface area contributed by atoms with E-state index in [0.717, 1.165) is 0 Å². The molecular weight excluding hydrogens is 216 g/mol. The SMILES string of the molecule is CC(C)c1cc2c(c(C(C)C)c1)CCCCCC2. The molecule has 0 aromatic heterocycles. The van der Waals surface area contributed by atoms with Gasteiger partial charge in [0.15, 0.2) is 0 Å². The number of aryl methyl sites for hydroxylation is 1. The van der Waals surface area contributed by atoms with Gasteiger partial charge in [-0.2, -0.15) is 0 Å². The Morgan fingerprint density at radius 1 is 0.778 bits per heavy atom. The van der Waals surface area contributed by atoms with Crippen LogP contribution in [0.3, 0.4) is 0 Å². The second kappa shape index (κ2) is 5.91. The molecular formula is C18H28. The maximum Gasteiger partial charge on any atom is -0.0216 e. The van der Waals surface area contributed by atoms with E-state index >= 15 is 0 Å². The molecule has 2 rings (SSSR count). The van der Waals surface area contributed by atoms with Gasteiger partial charge in [0.05, 0.1) is 0 Å². The molecule has 0 amide bonds. The zero-order chi connectivity index (χ0) is 13.1. The maximum atomic E-state index is 2.50. The summed E-state index contributed by atoms with van der Waals surface area (Å²) in [6.45, 7) is 9.32. The van der Waals surface area contributed by atoms with E-state index in [2.05, 4.69) is 39.8 Å². The van der Waals surface area contributed by atoms with Crippen LogP contribution in [0.1, 0.15) is 87.5 Å². The minimum absolute atomic E-state index is 0.651. The fraction of sp³-hybridized carbons (Fsp3) is 0.667. The predicted octanol–water partition coefficient (Wildman–Crippen LogP) is 5.59. The lowest BCUT2D eigenvalue weighted by atomic mass is 9.83. The fourth-order valence-corrected chi connectivity index (χ4v) is 3.13. The Labute approximate surface area is 113 Å². The van der Waals surface area contributed by atoms with Crippen LogP contribution in [0, 0.1) is 0 Å². The van der Waals surface area contributed by atoms with Crippen LogP contribution in [0.4, 0.5) is 0 Å². The lowest BCUT2D eigenvalue weighted by Crippen LogP contribution is -2.07. The van der Waals surface area contributed by atoms with E-state index < -0.39 is 0 Å². The molecule has 0 fully saturated rings. The van der Waals surface area contributed by atoms with Crippen LogP contribution in [0.15, 0.2) is 12.1 Å². The molecule has 1 aromatic carbocycles. The average molecular weight is 244 g/mol. The summed E-state index contributed by atoms with van der Waals surface area (Å²) in [7, 11) is 0. The largest absolute Gasteiger partial charge is 0.0587 e. The third kappa shape index (κ3) is 2.96. The maximum absolute atomic E-state index is 2.50. The van der Waals surface area contributed by atoms with E-state index in [-0.39, 0.29) is 0 Å². The minimum atomic E-state index is 0.651. The first-order valence-electron chi connectivity index (χ1n) is 7.75. The summed E-state index contributed by atoms with van der Waals surface area (Å²) < 4.78 is 0. The van der Waals surface area contributed by atoms with Crippen molar-refractivity contribution in [1.29, 1.82) is 0 Å². The number of fused-ring (bicyclic) bond motifs is 1. The Balaban J connectivity index is 2.48. The molecule has 0 bridgehead atoms. The molecule has 0 heteroatoms. The molecule has 18 heavy (non-hydrogen) atoms. The smallest absolute Gasteiger partial charge is 0.0216 e. The summed E-state index contributed by atoms with van der Waals surface area (Å²) in [6, 6.07) is 4.98. The molecule has 1 aliphatic carbocycles. The van der Waals surface area contributed by atoms with E-state index in [1.54, 1.807) is 16.7 Å². The van der Waals surface area contributed by atoms with Crippen molar-refractivity contribution >= 4 is 0 Å².